The molecule has 8 nitrogen and oxygen atoms in total. The first-order valence-electron chi connectivity index (χ1n) is 14.1. The fourth-order valence-corrected chi connectivity index (χ4v) is 6.65. The van der Waals surface area contributed by atoms with Gasteiger partial charge < -0.3 is 19.7 Å². The van der Waals surface area contributed by atoms with Crippen LogP contribution in [0.25, 0.3) is 0 Å². The molecule has 1 saturated carbocycles. The first-order chi connectivity index (χ1) is 18.1. The first kappa shape index (κ1) is 25.9. The van der Waals surface area contributed by atoms with Crippen LogP contribution in [0.4, 0.5) is 0 Å². The highest BCUT2D eigenvalue weighted by Gasteiger charge is 2.52. The second-order valence-electron chi connectivity index (χ2n) is 11.1. The van der Waals surface area contributed by atoms with Crippen LogP contribution in [-0.4, -0.2) is 45.9 Å². The molecule has 3 heterocycles. The summed E-state index contributed by atoms with van der Waals surface area (Å²) < 4.78 is 11.9. The SMILES string of the molecule is O=C(O)CCc1ccccc1C[C@@H]1[C@@H](c2nc(C(=O)NCCCCC3CCCCC3)no2)[C@H]2CC[C@@H]1O2. The summed E-state index contributed by atoms with van der Waals surface area (Å²) in [6, 6.07) is 8.02. The van der Waals surface area contributed by atoms with Gasteiger partial charge in [0.1, 0.15) is 0 Å². The van der Waals surface area contributed by atoms with Crippen molar-refractivity contribution in [3.63, 3.8) is 0 Å². The molecule has 1 aliphatic carbocycles. The van der Waals surface area contributed by atoms with Crippen molar-refractivity contribution < 1.29 is 24.0 Å². The fourth-order valence-electron chi connectivity index (χ4n) is 6.65. The summed E-state index contributed by atoms with van der Waals surface area (Å²) in [7, 11) is 0. The summed E-state index contributed by atoms with van der Waals surface area (Å²) in [5.74, 6) is 0.444. The predicted octanol–water partition coefficient (Wildman–Crippen LogP) is 5.07. The van der Waals surface area contributed by atoms with E-state index in [1.165, 1.54) is 38.5 Å². The summed E-state index contributed by atoms with van der Waals surface area (Å²) in [5, 5.41) is 16.1. The standard InChI is InChI=1S/C29H39N3O5/c33-25(34)16-13-20-11-4-5-12-21(20)18-22-23-14-15-24(36-23)26(22)29-31-27(32-37-29)28(35)30-17-7-6-10-19-8-2-1-3-9-19/h4-5,11-12,19,22-24,26H,1-3,6-10,13-18H2,(H,30,35)(H,33,34)/t22-,23-,24+,26+/m0/s1. The van der Waals surface area contributed by atoms with Crippen molar-refractivity contribution in [3.05, 3.63) is 47.1 Å². The van der Waals surface area contributed by atoms with Gasteiger partial charge in [-0.3, -0.25) is 9.59 Å². The van der Waals surface area contributed by atoms with E-state index in [1.54, 1.807) is 0 Å². The number of aromatic nitrogens is 2. The Hall–Kier alpha value is -2.74. The molecule has 2 saturated heterocycles. The minimum Gasteiger partial charge on any atom is -0.481 e. The number of hydrogen-bond acceptors (Lipinski definition) is 6. The third kappa shape index (κ3) is 6.40. The maximum absolute atomic E-state index is 12.7. The number of carbonyl (C=O) groups is 2. The Balaban J connectivity index is 1.17. The summed E-state index contributed by atoms with van der Waals surface area (Å²) in [4.78, 5) is 28.3. The molecule has 37 heavy (non-hydrogen) atoms. The second kappa shape index (κ2) is 12.2. The smallest absolute Gasteiger partial charge is 0.303 e. The van der Waals surface area contributed by atoms with Crippen LogP contribution in [0.1, 0.15) is 104 Å². The minimum atomic E-state index is -0.795. The molecule has 3 aliphatic rings. The van der Waals surface area contributed by atoms with Gasteiger partial charge in [-0.05, 0) is 49.1 Å². The molecule has 200 valence electrons. The van der Waals surface area contributed by atoms with Crippen molar-refractivity contribution in [2.45, 2.75) is 102 Å². The maximum atomic E-state index is 12.7. The van der Waals surface area contributed by atoms with E-state index in [9.17, 15) is 9.59 Å². The van der Waals surface area contributed by atoms with Gasteiger partial charge in [-0.25, -0.2) is 0 Å². The average molecular weight is 510 g/mol. The van der Waals surface area contributed by atoms with Crippen molar-refractivity contribution in [1.82, 2.24) is 15.5 Å². The zero-order chi connectivity index (χ0) is 25.6. The third-order valence-electron chi connectivity index (χ3n) is 8.59. The molecule has 2 aromatic rings. The predicted molar refractivity (Wildman–Crippen MR) is 137 cm³/mol. The summed E-state index contributed by atoms with van der Waals surface area (Å²) in [6.45, 7) is 0.627. The summed E-state index contributed by atoms with van der Waals surface area (Å²) >= 11 is 0. The molecule has 0 unspecified atom stereocenters. The monoisotopic (exact) mass is 509 g/mol. The Labute approximate surface area is 218 Å². The Morgan fingerprint density at radius 3 is 2.59 bits per heavy atom. The van der Waals surface area contributed by atoms with Crippen molar-refractivity contribution in [2.75, 3.05) is 6.54 Å². The van der Waals surface area contributed by atoms with Crippen LogP contribution in [0.5, 0.6) is 0 Å². The van der Waals surface area contributed by atoms with E-state index in [2.05, 4.69) is 21.5 Å². The van der Waals surface area contributed by atoms with Crippen molar-refractivity contribution in [2.24, 2.45) is 11.8 Å². The van der Waals surface area contributed by atoms with Gasteiger partial charge in [0.25, 0.3) is 11.7 Å². The molecule has 4 atom stereocenters. The van der Waals surface area contributed by atoms with E-state index in [0.717, 1.165) is 49.1 Å². The fraction of sp³-hybridized carbons (Fsp3) is 0.655. The number of nitrogens with one attached hydrogen (secondary N) is 1. The first-order valence-corrected chi connectivity index (χ1v) is 14.1. The highest BCUT2D eigenvalue weighted by molar-refractivity contribution is 5.90. The van der Waals surface area contributed by atoms with Gasteiger partial charge in [0, 0.05) is 18.9 Å². The van der Waals surface area contributed by atoms with Crippen LogP contribution in [-0.2, 0) is 22.4 Å². The van der Waals surface area contributed by atoms with E-state index in [-0.39, 0.29) is 42.2 Å². The number of fused-ring (bicyclic) bond motifs is 2. The van der Waals surface area contributed by atoms with Crippen LogP contribution in [0.3, 0.4) is 0 Å². The lowest BCUT2D eigenvalue weighted by Crippen LogP contribution is -2.28. The van der Waals surface area contributed by atoms with E-state index in [1.807, 2.05) is 18.2 Å². The van der Waals surface area contributed by atoms with Crippen LogP contribution in [0.2, 0.25) is 0 Å². The number of aryl methyl sites for hydroxylation is 1. The van der Waals surface area contributed by atoms with Crippen molar-refractivity contribution >= 4 is 11.9 Å². The van der Waals surface area contributed by atoms with Crippen LogP contribution < -0.4 is 5.32 Å². The Bertz CT molecular complexity index is 1060. The van der Waals surface area contributed by atoms with E-state index < -0.39 is 5.97 Å². The number of hydrogen-bond donors (Lipinski definition) is 2. The second-order valence-corrected chi connectivity index (χ2v) is 11.1. The van der Waals surface area contributed by atoms with Gasteiger partial charge in [0.05, 0.1) is 18.1 Å². The lowest BCUT2D eigenvalue weighted by molar-refractivity contribution is -0.136. The lowest BCUT2D eigenvalue weighted by atomic mass is 9.75. The highest BCUT2D eigenvalue weighted by Crippen LogP contribution is 2.49. The number of carboxylic acid groups (broad SMARTS) is 1. The normalized spacial score (nSPS) is 25.4. The highest BCUT2D eigenvalue weighted by atomic mass is 16.5. The van der Waals surface area contributed by atoms with Crippen LogP contribution in [0, 0.1) is 11.8 Å². The Kier molecular flexibility index (Phi) is 8.54. The summed E-state index contributed by atoms with van der Waals surface area (Å²) in [5.41, 5.74) is 2.20. The largest absolute Gasteiger partial charge is 0.481 e. The number of carboxylic acids is 1. The van der Waals surface area contributed by atoms with Crippen molar-refractivity contribution in [1.29, 1.82) is 0 Å². The number of amides is 1. The summed E-state index contributed by atoms with van der Waals surface area (Å²) in [6.07, 6.45) is 13.6. The molecular weight excluding hydrogens is 470 g/mol. The van der Waals surface area contributed by atoms with E-state index in [0.29, 0.717) is 18.9 Å². The van der Waals surface area contributed by atoms with Gasteiger partial charge >= 0.3 is 5.97 Å². The number of nitrogens with zero attached hydrogens (tertiary/aromatic N) is 2. The Morgan fingerprint density at radius 2 is 1.78 bits per heavy atom. The van der Waals surface area contributed by atoms with Gasteiger partial charge in [-0.15, -0.1) is 0 Å². The van der Waals surface area contributed by atoms with Crippen LogP contribution in [0.15, 0.2) is 28.8 Å². The van der Waals surface area contributed by atoms with Gasteiger partial charge in [-0.1, -0.05) is 74.4 Å². The van der Waals surface area contributed by atoms with Gasteiger partial charge in [0.2, 0.25) is 5.89 Å². The molecule has 1 amide bonds. The molecule has 3 fully saturated rings. The van der Waals surface area contributed by atoms with Crippen LogP contribution >= 0.6 is 0 Å². The zero-order valence-electron chi connectivity index (χ0n) is 21.6. The average Bonchev–Trinajstić information content (AvgIpc) is 3.65. The topological polar surface area (TPSA) is 115 Å². The number of ether oxygens (including phenoxy) is 1. The molecule has 0 radical (unpaired) electrons. The minimum absolute atomic E-state index is 0.0114. The van der Waals surface area contributed by atoms with E-state index in [4.69, 9.17) is 14.4 Å². The molecule has 8 heteroatoms. The van der Waals surface area contributed by atoms with E-state index >= 15 is 0 Å². The molecule has 2 bridgehead atoms. The van der Waals surface area contributed by atoms with Gasteiger partial charge in [-0.2, -0.15) is 4.98 Å². The molecule has 2 aliphatic heterocycles. The van der Waals surface area contributed by atoms with Gasteiger partial charge in [0.15, 0.2) is 0 Å². The number of unbranched alkanes of at least 4 members (excludes halogenated alkanes) is 1. The number of rotatable bonds is 12. The third-order valence-corrected chi connectivity index (χ3v) is 8.59. The quantitative estimate of drug-likeness (QED) is 0.384. The molecule has 5 rings (SSSR count). The lowest BCUT2D eigenvalue weighted by Gasteiger charge is -2.26. The number of aliphatic carboxylic acids is 1. The molecule has 2 N–H and O–H groups in total. The van der Waals surface area contributed by atoms with Crippen molar-refractivity contribution in [3.8, 4) is 0 Å². The number of benzene rings is 1. The Morgan fingerprint density at radius 1 is 1.00 bits per heavy atom. The molecule has 0 spiro atoms. The molecule has 1 aromatic heterocycles. The molecular formula is C29H39N3O5. The molecule has 1 aromatic carbocycles. The number of carbonyl (C=O) groups excluding carboxylic acids is 1. The zero-order valence-corrected chi connectivity index (χ0v) is 21.6. The maximum Gasteiger partial charge on any atom is 0.303 e.